The van der Waals surface area contributed by atoms with Gasteiger partial charge >= 0.3 is 0 Å². The van der Waals surface area contributed by atoms with Crippen LogP contribution in [0, 0.1) is 0 Å². The van der Waals surface area contributed by atoms with Gasteiger partial charge in [0.15, 0.2) is 5.65 Å². The maximum absolute atomic E-state index is 11.4. The molecular weight excluding hydrogens is 422 g/mol. The average Bonchev–Trinajstić information content (AvgIpc) is 3.50. The Labute approximate surface area is 199 Å². The van der Waals surface area contributed by atoms with Gasteiger partial charge in [-0.25, -0.2) is 4.98 Å². The number of rotatable bonds is 4. The lowest BCUT2D eigenvalue weighted by Crippen LogP contribution is -2.32. The van der Waals surface area contributed by atoms with E-state index in [0.717, 1.165) is 40.3 Å². The number of nitrogens with one attached hydrogen (secondary N) is 1. The number of fused-ring (bicyclic) bond motifs is 2. The van der Waals surface area contributed by atoms with Gasteiger partial charge in [-0.1, -0.05) is 30.3 Å². The lowest BCUT2D eigenvalue weighted by molar-refractivity contribution is 0.100. The fourth-order valence-electron chi connectivity index (χ4n) is 5.62. The molecule has 2 aromatic heterocycles. The Kier molecular flexibility index (Phi) is 5.38. The zero-order valence-corrected chi connectivity index (χ0v) is 19.3. The third-order valence-corrected chi connectivity index (χ3v) is 7.55. The maximum atomic E-state index is 11.4. The summed E-state index contributed by atoms with van der Waals surface area (Å²) in [6.07, 6.45) is 9.47. The van der Waals surface area contributed by atoms with Crippen LogP contribution >= 0.6 is 0 Å². The monoisotopic (exact) mass is 451 g/mol. The summed E-state index contributed by atoms with van der Waals surface area (Å²) in [5.41, 5.74) is 13.6. The summed E-state index contributed by atoms with van der Waals surface area (Å²) in [4.78, 5) is 18.8. The van der Waals surface area contributed by atoms with Gasteiger partial charge in [-0.15, -0.1) is 0 Å². The molecule has 172 valence electrons. The van der Waals surface area contributed by atoms with Crippen LogP contribution in [0.25, 0.3) is 33.4 Å². The predicted octanol–water partition coefficient (Wildman–Crippen LogP) is 4.73. The van der Waals surface area contributed by atoms with E-state index in [0.29, 0.717) is 5.56 Å². The number of carbonyl (C=O) groups excluding carboxylic acids is 1. The average molecular weight is 452 g/mol. The van der Waals surface area contributed by atoms with Crippen molar-refractivity contribution in [2.75, 3.05) is 13.1 Å². The highest BCUT2D eigenvalue weighted by Gasteiger charge is 2.24. The van der Waals surface area contributed by atoms with Crippen molar-refractivity contribution in [3.8, 4) is 22.4 Å². The highest BCUT2D eigenvalue weighted by atomic mass is 16.1. The van der Waals surface area contributed by atoms with E-state index in [2.05, 4.69) is 44.3 Å². The maximum Gasteiger partial charge on any atom is 0.248 e. The molecule has 1 aliphatic heterocycles. The molecule has 0 spiro atoms. The van der Waals surface area contributed by atoms with E-state index < -0.39 is 5.91 Å². The summed E-state index contributed by atoms with van der Waals surface area (Å²) in [7, 11) is 0. The minimum atomic E-state index is -0.433. The first-order valence-corrected chi connectivity index (χ1v) is 12.3. The molecule has 6 rings (SSSR count). The number of amides is 1. The summed E-state index contributed by atoms with van der Waals surface area (Å²) in [6.45, 7) is 2.55. The third kappa shape index (κ3) is 3.88. The molecular formula is C28H29N5O. The first kappa shape index (κ1) is 21.1. The minimum Gasteiger partial charge on any atom is -0.366 e. The van der Waals surface area contributed by atoms with E-state index in [-0.39, 0.29) is 0 Å². The number of aromatic nitrogens is 3. The number of aromatic amines is 1. The Morgan fingerprint density at radius 2 is 1.65 bits per heavy atom. The lowest BCUT2D eigenvalue weighted by Gasteiger charge is -2.25. The van der Waals surface area contributed by atoms with Crippen molar-refractivity contribution in [1.29, 1.82) is 0 Å². The van der Waals surface area contributed by atoms with Gasteiger partial charge in [0.05, 0.1) is 0 Å². The van der Waals surface area contributed by atoms with Gasteiger partial charge in [0.1, 0.15) is 5.69 Å². The van der Waals surface area contributed by atoms with Crippen LogP contribution in [0.15, 0.2) is 54.7 Å². The van der Waals surface area contributed by atoms with Gasteiger partial charge in [0.2, 0.25) is 5.91 Å². The first-order chi connectivity index (χ1) is 16.7. The van der Waals surface area contributed by atoms with Crippen LogP contribution in [-0.2, 0) is 12.8 Å². The van der Waals surface area contributed by atoms with Crippen molar-refractivity contribution in [3.63, 3.8) is 0 Å². The second kappa shape index (κ2) is 8.69. The molecule has 2 aromatic carbocycles. The van der Waals surface area contributed by atoms with Crippen molar-refractivity contribution < 1.29 is 4.79 Å². The van der Waals surface area contributed by atoms with Crippen LogP contribution in [0.5, 0.6) is 0 Å². The number of nitrogens with two attached hydrogens (primary N) is 1. The van der Waals surface area contributed by atoms with Crippen LogP contribution in [0.3, 0.4) is 0 Å². The molecule has 0 bridgehead atoms. The third-order valence-electron chi connectivity index (χ3n) is 7.55. The number of aryl methyl sites for hydroxylation is 2. The highest BCUT2D eigenvalue weighted by Crippen LogP contribution is 2.32. The quantitative estimate of drug-likeness (QED) is 0.439. The van der Waals surface area contributed by atoms with Crippen LogP contribution in [-0.4, -0.2) is 45.1 Å². The van der Waals surface area contributed by atoms with Crippen LogP contribution in [0.2, 0.25) is 0 Å². The summed E-state index contributed by atoms with van der Waals surface area (Å²) < 4.78 is 0. The summed E-state index contributed by atoms with van der Waals surface area (Å²) in [5.74, 6) is -0.433. The number of likely N-dealkylation sites (tertiary alicyclic amines) is 1. The fourth-order valence-corrected chi connectivity index (χ4v) is 5.62. The molecule has 34 heavy (non-hydrogen) atoms. The number of pyridine rings is 1. The van der Waals surface area contributed by atoms with Crippen molar-refractivity contribution >= 4 is 16.9 Å². The second-order valence-electron chi connectivity index (χ2n) is 9.59. The summed E-state index contributed by atoms with van der Waals surface area (Å²) in [5, 5.41) is 8.50. The Hall–Kier alpha value is -3.51. The number of primary amides is 1. The Morgan fingerprint density at radius 1 is 0.912 bits per heavy atom. The van der Waals surface area contributed by atoms with Gasteiger partial charge in [-0.3, -0.25) is 9.89 Å². The second-order valence-corrected chi connectivity index (χ2v) is 9.59. The molecule has 3 N–H and O–H groups in total. The Balaban J connectivity index is 1.30. The highest BCUT2D eigenvalue weighted by molar-refractivity contribution is 5.96. The SMILES string of the molecule is NC(=O)c1ccc(-c2n[nH]c3ncc(-c4ccc5c(c4)CCC(N4CCCC4)CC5)cc23)cc1. The molecule has 1 unspecified atom stereocenters. The van der Waals surface area contributed by atoms with E-state index in [9.17, 15) is 4.79 Å². The smallest absolute Gasteiger partial charge is 0.248 e. The van der Waals surface area contributed by atoms with Crippen LogP contribution in [0.4, 0.5) is 0 Å². The molecule has 4 aromatic rings. The zero-order valence-electron chi connectivity index (χ0n) is 19.3. The van der Waals surface area contributed by atoms with Gasteiger partial charge in [0, 0.05) is 34.3 Å². The van der Waals surface area contributed by atoms with Crippen LogP contribution < -0.4 is 5.73 Å². The van der Waals surface area contributed by atoms with Gasteiger partial charge < -0.3 is 10.6 Å². The van der Waals surface area contributed by atoms with Crippen molar-refractivity contribution in [2.45, 2.75) is 44.6 Å². The molecule has 1 fully saturated rings. The number of benzene rings is 2. The standard InChI is InChI=1S/C28H29N5O/c29-27(34)20-6-4-19(5-7-20)26-25-16-23(17-30-28(25)32-31-26)22-8-3-18-9-11-24(12-10-21(18)15-22)33-13-1-2-14-33/h3-8,15-17,24H,1-2,9-14H2,(H2,29,34)(H,30,31,32). The molecule has 1 atom stereocenters. The number of hydrogen-bond donors (Lipinski definition) is 2. The summed E-state index contributed by atoms with van der Waals surface area (Å²) in [6, 6.07) is 17.0. The Morgan fingerprint density at radius 3 is 2.41 bits per heavy atom. The summed E-state index contributed by atoms with van der Waals surface area (Å²) >= 11 is 0. The van der Waals surface area contributed by atoms with E-state index in [1.54, 1.807) is 12.1 Å². The van der Waals surface area contributed by atoms with E-state index in [1.807, 2.05) is 18.3 Å². The van der Waals surface area contributed by atoms with E-state index >= 15 is 0 Å². The molecule has 3 heterocycles. The van der Waals surface area contributed by atoms with Gasteiger partial charge in [0.25, 0.3) is 0 Å². The predicted molar refractivity (Wildman–Crippen MR) is 135 cm³/mol. The number of H-pyrrole nitrogens is 1. The molecule has 2 aliphatic rings. The number of carbonyl (C=O) groups is 1. The van der Waals surface area contributed by atoms with E-state index in [1.165, 1.54) is 61.9 Å². The van der Waals surface area contributed by atoms with Crippen molar-refractivity contribution in [1.82, 2.24) is 20.1 Å². The van der Waals surface area contributed by atoms with Crippen LogP contribution in [0.1, 0.15) is 47.2 Å². The molecule has 6 heteroatoms. The first-order valence-electron chi connectivity index (χ1n) is 12.3. The lowest BCUT2D eigenvalue weighted by atomic mass is 9.96. The molecule has 6 nitrogen and oxygen atoms in total. The molecule has 0 radical (unpaired) electrons. The van der Waals surface area contributed by atoms with Crippen molar-refractivity contribution in [2.24, 2.45) is 5.73 Å². The van der Waals surface area contributed by atoms with Gasteiger partial charge in [-0.2, -0.15) is 5.10 Å². The molecule has 1 aliphatic carbocycles. The Bertz CT molecular complexity index is 1350. The molecule has 1 saturated heterocycles. The number of hydrogen-bond acceptors (Lipinski definition) is 4. The minimum absolute atomic E-state index is 0.433. The fraction of sp³-hybridized carbons (Fsp3) is 0.321. The van der Waals surface area contributed by atoms with Crippen molar-refractivity contribution in [3.05, 3.63) is 71.4 Å². The normalized spacial score (nSPS) is 18.6. The zero-order chi connectivity index (χ0) is 23.1. The van der Waals surface area contributed by atoms with Gasteiger partial charge in [-0.05, 0) is 86.5 Å². The number of nitrogens with zero attached hydrogens (tertiary/aromatic N) is 3. The largest absolute Gasteiger partial charge is 0.366 e. The van der Waals surface area contributed by atoms with E-state index in [4.69, 9.17) is 5.73 Å². The topological polar surface area (TPSA) is 87.9 Å². The molecule has 1 amide bonds. The molecule has 0 saturated carbocycles.